The fraction of sp³-hybridized carbons (Fsp3) is 0.125. The van der Waals surface area contributed by atoms with Gasteiger partial charge in [0.05, 0.1) is 21.9 Å². The summed E-state index contributed by atoms with van der Waals surface area (Å²) in [5, 5.41) is 41.5. The lowest BCUT2D eigenvalue weighted by Gasteiger charge is -2.09. The first-order valence-corrected chi connectivity index (χ1v) is 8.03. The van der Waals surface area contributed by atoms with Gasteiger partial charge in [-0.2, -0.15) is 15.0 Å². The number of amides is 1. The van der Waals surface area contributed by atoms with Gasteiger partial charge >= 0.3 is 11.5 Å². The molecule has 3 rings (SSSR count). The van der Waals surface area contributed by atoms with Crippen LogP contribution in [-0.4, -0.2) is 35.3 Å². The van der Waals surface area contributed by atoms with E-state index in [0.29, 0.717) is 5.69 Å². The first kappa shape index (κ1) is 19.2. The summed E-state index contributed by atoms with van der Waals surface area (Å²) in [5.74, 6) is -1.56. The van der Waals surface area contributed by atoms with Crippen molar-refractivity contribution in [3.63, 3.8) is 0 Å². The van der Waals surface area contributed by atoms with Crippen LogP contribution in [0.2, 0.25) is 0 Å². The Kier molecular flexibility index (Phi) is 5.00. The van der Waals surface area contributed by atoms with Gasteiger partial charge in [-0.1, -0.05) is 18.2 Å². The third kappa shape index (κ3) is 3.62. The predicted molar refractivity (Wildman–Crippen MR) is 97.2 cm³/mol. The Morgan fingerprint density at radius 1 is 1.24 bits per heavy atom. The molecule has 2 heterocycles. The molecule has 13 heteroatoms. The number of nitriles is 1. The summed E-state index contributed by atoms with van der Waals surface area (Å²) in [4.78, 5) is 32.7. The fourth-order valence-electron chi connectivity index (χ4n) is 2.63. The van der Waals surface area contributed by atoms with Crippen molar-refractivity contribution in [1.29, 1.82) is 5.26 Å². The molecule has 0 saturated heterocycles. The number of nitrogens with zero attached hydrogens (tertiary/aromatic N) is 7. The Hall–Kier alpha value is -4.60. The highest BCUT2D eigenvalue weighted by Gasteiger charge is 2.35. The first-order chi connectivity index (χ1) is 13.8. The second-order valence-electron chi connectivity index (χ2n) is 5.74. The maximum Gasteiger partial charge on any atom is 0.468 e. The van der Waals surface area contributed by atoms with Gasteiger partial charge in [0.1, 0.15) is 23.9 Å². The normalized spacial score (nSPS) is 10.3. The van der Waals surface area contributed by atoms with Gasteiger partial charge < -0.3 is 15.4 Å². The molecule has 0 fully saturated rings. The molecule has 13 nitrogen and oxygen atoms in total. The number of anilines is 1. The zero-order valence-electron chi connectivity index (χ0n) is 14.8. The van der Waals surface area contributed by atoms with Gasteiger partial charge in [0.25, 0.3) is 0 Å². The third-order valence-electron chi connectivity index (χ3n) is 3.95. The van der Waals surface area contributed by atoms with Gasteiger partial charge in [0.2, 0.25) is 5.91 Å². The lowest BCUT2D eigenvalue weighted by Crippen LogP contribution is -2.22. The Bertz CT molecular complexity index is 1160. The molecule has 0 radical (unpaired) electrons. The third-order valence-corrected chi connectivity index (χ3v) is 3.95. The van der Waals surface area contributed by atoms with Crippen LogP contribution in [0.25, 0.3) is 5.69 Å². The Morgan fingerprint density at radius 3 is 2.48 bits per heavy atom. The maximum atomic E-state index is 12.5. The van der Waals surface area contributed by atoms with E-state index in [1.807, 2.05) is 6.07 Å². The summed E-state index contributed by atoms with van der Waals surface area (Å²) in [6.07, 6.45) is 1.28. The van der Waals surface area contributed by atoms with E-state index in [-0.39, 0.29) is 17.1 Å². The molecular formula is C16H12N8O5. The smallest absolute Gasteiger partial charge is 0.358 e. The average Bonchev–Trinajstić information content (AvgIpc) is 3.23. The minimum Gasteiger partial charge on any atom is -0.358 e. The summed E-state index contributed by atoms with van der Waals surface area (Å²) in [5.41, 5.74) is -0.244. The monoisotopic (exact) mass is 396 g/mol. The molecule has 29 heavy (non-hydrogen) atoms. The van der Waals surface area contributed by atoms with E-state index in [9.17, 15) is 30.3 Å². The predicted octanol–water partition coefficient (Wildman–Crippen LogP) is 1.70. The number of benzene rings is 1. The number of para-hydroxylation sites is 1. The van der Waals surface area contributed by atoms with Crippen molar-refractivity contribution in [2.24, 2.45) is 0 Å². The molecule has 1 N–H and O–H groups in total. The van der Waals surface area contributed by atoms with Gasteiger partial charge in [-0.3, -0.25) is 14.9 Å². The van der Waals surface area contributed by atoms with Crippen molar-refractivity contribution >= 4 is 23.2 Å². The van der Waals surface area contributed by atoms with Crippen LogP contribution in [-0.2, 0) is 11.3 Å². The van der Waals surface area contributed by atoms with Crippen LogP contribution in [0.1, 0.15) is 11.3 Å². The van der Waals surface area contributed by atoms with Gasteiger partial charge in [0.15, 0.2) is 5.82 Å². The van der Waals surface area contributed by atoms with Crippen molar-refractivity contribution in [3.05, 3.63) is 68.0 Å². The van der Waals surface area contributed by atoms with Crippen LogP contribution in [0.4, 0.5) is 17.3 Å². The minimum absolute atomic E-state index is 0.0938. The highest BCUT2D eigenvalue weighted by Crippen LogP contribution is 2.29. The van der Waals surface area contributed by atoms with Gasteiger partial charge in [-0.05, 0) is 24.0 Å². The zero-order chi connectivity index (χ0) is 21.1. The van der Waals surface area contributed by atoms with Crippen molar-refractivity contribution in [2.45, 2.75) is 13.5 Å². The van der Waals surface area contributed by atoms with Crippen molar-refractivity contribution in [3.8, 4) is 11.8 Å². The van der Waals surface area contributed by atoms with E-state index < -0.39 is 33.8 Å². The average molecular weight is 396 g/mol. The van der Waals surface area contributed by atoms with Crippen LogP contribution >= 0.6 is 0 Å². The molecule has 0 aliphatic rings. The fourth-order valence-corrected chi connectivity index (χ4v) is 2.63. The summed E-state index contributed by atoms with van der Waals surface area (Å²) in [6, 6.07) is 10.6. The first-order valence-electron chi connectivity index (χ1n) is 8.03. The summed E-state index contributed by atoms with van der Waals surface area (Å²) in [7, 11) is 0. The SMILES string of the molecule is Cc1c([N+](=O)[O-])c([N+](=O)[O-])nn1CC(=O)Nc1c(C#N)cnn1-c1ccccc1. The van der Waals surface area contributed by atoms with Crippen LogP contribution in [0.5, 0.6) is 0 Å². The Morgan fingerprint density at radius 2 is 1.93 bits per heavy atom. The zero-order valence-corrected chi connectivity index (χ0v) is 14.8. The molecule has 0 spiro atoms. The van der Waals surface area contributed by atoms with E-state index in [2.05, 4.69) is 15.5 Å². The highest BCUT2D eigenvalue weighted by atomic mass is 16.6. The molecule has 0 saturated carbocycles. The van der Waals surface area contributed by atoms with Crippen LogP contribution in [0, 0.1) is 38.5 Å². The number of hydrogen-bond donors (Lipinski definition) is 1. The van der Waals surface area contributed by atoms with Crippen molar-refractivity contribution in [1.82, 2.24) is 19.6 Å². The molecular weight excluding hydrogens is 384 g/mol. The standard InChI is InChI=1S/C16H12N8O5/c1-10-14(23(26)27)16(24(28)29)20-21(10)9-13(25)19-15-11(7-17)8-18-22(15)12-5-3-2-4-6-12/h2-6,8H,9H2,1H3,(H,19,25). The second kappa shape index (κ2) is 7.56. The van der Waals surface area contributed by atoms with E-state index in [1.54, 1.807) is 30.3 Å². The number of carbonyl (C=O) groups excluding carboxylic acids is 1. The Balaban J connectivity index is 1.91. The van der Waals surface area contributed by atoms with E-state index in [4.69, 9.17) is 0 Å². The quantitative estimate of drug-likeness (QED) is 0.483. The molecule has 0 aliphatic heterocycles. The molecule has 2 aromatic heterocycles. The lowest BCUT2D eigenvalue weighted by atomic mass is 10.3. The van der Waals surface area contributed by atoms with E-state index in [1.165, 1.54) is 17.8 Å². The van der Waals surface area contributed by atoms with Gasteiger partial charge in [-0.25, -0.2) is 4.68 Å². The number of carbonyl (C=O) groups is 1. The molecule has 3 aromatic rings. The summed E-state index contributed by atoms with van der Waals surface area (Å²) >= 11 is 0. The molecule has 0 atom stereocenters. The minimum atomic E-state index is -0.988. The van der Waals surface area contributed by atoms with Crippen molar-refractivity contribution < 1.29 is 14.6 Å². The van der Waals surface area contributed by atoms with E-state index >= 15 is 0 Å². The number of nitrogens with one attached hydrogen (secondary N) is 1. The number of hydrogen-bond acceptors (Lipinski definition) is 8. The van der Waals surface area contributed by atoms with E-state index in [0.717, 1.165) is 4.68 Å². The number of nitro groups is 2. The topological polar surface area (TPSA) is 175 Å². The molecule has 1 amide bonds. The number of rotatable bonds is 6. The highest BCUT2D eigenvalue weighted by molar-refractivity contribution is 5.91. The van der Waals surface area contributed by atoms with Crippen molar-refractivity contribution in [2.75, 3.05) is 5.32 Å². The molecule has 1 aromatic carbocycles. The van der Waals surface area contributed by atoms with Crippen LogP contribution in [0.15, 0.2) is 36.5 Å². The molecule has 0 unspecified atom stereocenters. The van der Waals surface area contributed by atoms with Gasteiger partial charge in [-0.15, -0.1) is 0 Å². The summed E-state index contributed by atoms with van der Waals surface area (Å²) in [6.45, 7) is 0.714. The second-order valence-corrected chi connectivity index (χ2v) is 5.74. The Labute approximate surface area is 162 Å². The maximum absolute atomic E-state index is 12.5. The van der Waals surface area contributed by atoms with Gasteiger partial charge in [0, 0.05) is 0 Å². The molecule has 0 aliphatic carbocycles. The van der Waals surface area contributed by atoms with Crippen LogP contribution < -0.4 is 5.32 Å². The molecule has 146 valence electrons. The molecule has 0 bridgehead atoms. The lowest BCUT2D eigenvalue weighted by molar-refractivity contribution is -0.424. The largest absolute Gasteiger partial charge is 0.468 e. The van der Waals surface area contributed by atoms with Crippen LogP contribution in [0.3, 0.4) is 0 Å². The summed E-state index contributed by atoms with van der Waals surface area (Å²) < 4.78 is 2.21. The number of aromatic nitrogens is 4.